The number of hydrogen-bond donors (Lipinski definition) is 5. The zero-order valence-electron chi connectivity index (χ0n) is 19.4. The van der Waals surface area contributed by atoms with E-state index in [-0.39, 0.29) is 17.1 Å². The standard InChI is InChI=1S/C26H22Cl2FN7O/c27-18-8-4-7-16(21(18)29)13-31-26(37)32-20(11-14-5-2-1-3-6-14)25-33-22(23(28)34-25)15-9-10-17-19(12-15)35-36-24(17)30/h1-10,12,20H,11,13H2,(H,33,34)(H3,30,35,36)(H2,31,32,37)/t20-/m0/s1. The van der Waals surface area contributed by atoms with Crippen molar-refractivity contribution in [2.24, 2.45) is 0 Å². The van der Waals surface area contributed by atoms with E-state index in [0.717, 1.165) is 22.0 Å². The number of nitrogens with one attached hydrogen (secondary N) is 4. The van der Waals surface area contributed by atoms with Gasteiger partial charge in [-0.3, -0.25) is 5.10 Å². The zero-order valence-corrected chi connectivity index (χ0v) is 20.9. The van der Waals surface area contributed by atoms with Crippen LogP contribution in [0.15, 0.2) is 66.7 Å². The van der Waals surface area contributed by atoms with Crippen molar-refractivity contribution < 1.29 is 9.18 Å². The van der Waals surface area contributed by atoms with Gasteiger partial charge in [-0.05, 0) is 30.2 Å². The molecule has 0 aliphatic rings. The first-order chi connectivity index (χ1) is 17.9. The summed E-state index contributed by atoms with van der Waals surface area (Å²) in [7, 11) is 0. The Labute approximate surface area is 221 Å². The molecule has 1 atom stereocenters. The molecule has 37 heavy (non-hydrogen) atoms. The summed E-state index contributed by atoms with van der Waals surface area (Å²) in [6, 6.07) is 18.8. The summed E-state index contributed by atoms with van der Waals surface area (Å²) < 4.78 is 14.2. The van der Waals surface area contributed by atoms with Crippen molar-refractivity contribution in [3.8, 4) is 11.3 Å². The highest BCUT2D eigenvalue weighted by Gasteiger charge is 2.22. The van der Waals surface area contributed by atoms with Crippen LogP contribution in [0.3, 0.4) is 0 Å². The Morgan fingerprint density at radius 1 is 1.08 bits per heavy atom. The molecule has 0 unspecified atom stereocenters. The number of carbonyl (C=O) groups excluding carboxylic acids is 1. The van der Waals surface area contributed by atoms with Crippen LogP contribution in [-0.2, 0) is 13.0 Å². The first kappa shape index (κ1) is 24.6. The van der Waals surface area contributed by atoms with Gasteiger partial charge >= 0.3 is 6.03 Å². The molecule has 0 saturated carbocycles. The van der Waals surface area contributed by atoms with Crippen LogP contribution >= 0.6 is 23.2 Å². The fourth-order valence-electron chi connectivity index (χ4n) is 4.05. The SMILES string of the molecule is Nc1n[nH]c2cc(-c3nc([C@H](Cc4ccccc4)NC(=O)NCc4cccc(Cl)c4F)[nH]c3Cl)ccc12. The minimum atomic E-state index is -0.566. The van der Waals surface area contributed by atoms with Gasteiger partial charge in [-0.2, -0.15) is 5.10 Å². The van der Waals surface area contributed by atoms with Crippen molar-refractivity contribution in [3.63, 3.8) is 0 Å². The number of anilines is 1. The quantitative estimate of drug-likeness (QED) is 0.181. The van der Waals surface area contributed by atoms with E-state index in [4.69, 9.17) is 33.9 Å². The summed E-state index contributed by atoms with van der Waals surface area (Å²) in [5.41, 5.74) is 9.16. The number of halogens is 3. The molecule has 0 spiro atoms. The summed E-state index contributed by atoms with van der Waals surface area (Å²) in [6.07, 6.45) is 0.444. The number of benzene rings is 3. The van der Waals surface area contributed by atoms with Crippen molar-refractivity contribution in [2.45, 2.75) is 19.0 Å². The summed E-state index contributed by atoms with van der Waals surface area (Å²) in [5.74, 6) is 0.312. The fraction of sp³-hybridized carbons (Fsp3) is 0.115. The molecule has 0 fully saturated rings. The van der Waals surface area contributed by atoms with Crippen LogP contribution in [0.5, 0.6) is 0 Å². The van der Waals surface area contributed by atoms with Gasteiger partial charge in [0.05, 0.1) is 16.6 Å². The van der Waals surface area contributed by atoms with E-state index in [1.54, 1.807) is 12.1 Å². The first-order valence-corrected chi connectivity index (χ1v) is 12.1. The lowest BCUT2D eigenvalue weighted by Crippen LogP contribution is -2.39. The van der Waals surface area contributed by atoms with Crippen molar-refractivity contribution >= 4 is 46.0 Å². The molecule has 2 heterocycles. The Balaban J connectivity index is 1.39. The highest BCUT2D eigenvalue weighted by Crippen LogP contribution is 2.31. The number of imidazole rings is 1. The summed E-state index contributed by atoms with van der Waals surface area (Å²) in [4.78, 5) is 20.6. The lowest BCUT2D eigenvalue weighted by molar-refractivity contribution is 0.236. The van der Waals surface area contributed by atoms with Gasteiger partial charge in [-0.1, -0.05) is 71.7 Å². The number of nitrogens with two attached hydrogens (primary N) is 1. The number of H-pyrrole nitrogens is 2. The zero-order chi connectivity index (χ0) is 25.9. The predicted molar refractivity (Wildman–Crippen MR) is 143 cm³/mol. The number of aromatic nitrogens is 4. The topological polar surface area (TPSA) is 125 Å². The van der Waals surface area contributed by atoms with Gasteiger partial charge in [0.25, 0.3) is 0 Å². The second-order valence-electron chi connectivity index (χ2n) is 8.44. The Kier molecular flexibility index (Phi) is 6.98. The number of urea groups is 1. The largest absolute Gasteiger partial charge is 0.382 e. The fourth-order valence-corrected chi connectivity index (χ4v) is 4.49. The van der Waals surface area contributed by atoms with E-state index in [0.29, 0.717) is 28.9 Å². The number of rotatable bonds is 7. The molecule has 0 radical (unpaired) electrons. The maximum atomic E-state index is 14.2. The second-order valence-corrected chi connectivity index (χ2v) is 9.22. The molecule has 188 valence electrons. The van der Waals surface area contributed by atoms with Gasteiger partial charge in [0.2, 0.25) is 0 Å². The second kappa shape index (κ2) is 10.5. The van der Waals surface area contributed by atoms with Crippen LogP contribution in [0, 0.1) is 5.82 Å². The maximum Gasteiger partial charge on any atom is 0.315 e. The van der Waals surface area contributed by atoms with Gasteiger partial charge < -0.3 is 21.4 Å². The number of hydrogen-bond acceptors (Lipinski definition) is 4. The van der Waals surface area contributed by atoms with Crippen LogP contribution < -0.4 is 16.4 Å². The molecular weight excluding hydrogens is 516 g/mol. The van der Waals surface area contributed by atoms with Crippen LogP contribution in [-0.4, -0.2) is 26.2 Å². The number of nitrogens with zero attached hydrogens (tertiary/aromatic N) is 2. The van der Waals surface area contributed by atoms with Crippen molar-refractivity contribution in [1.29, 1.82) is 0 Å². The normalized spacial score (nSPS) is 12.0. The molecule has 0 saturated heterocycles. The number of nitrogen functional groups attached to an aromatic ring is 1. The average Bonchev–Trinajstić information content (AvgIpc) is 3.47. The molecule has 2 amide bonds. The Bertz CT molecular complexity index is 1570. The average molecular weight is 538 g/mol. The van der Waals surface area contributed by atoms with Crippen LogP contribution in [0.4, 0.5) is 15.0 Å². The molecule has 11 heteroatoms. The van der Waals surface area contributed by atoms with E-state index in [1.807, 2.05) is 48.5 Å². The lowest BCUT2D eigenvalue weighted by Gasteiger charge is -2.18. The molecule has 3 aromatic carbocycles. The van der Waals surface area contributed by atoms with Crippen molar-refractivity contribution in [3.05, 3.63) is 99.7 Å². The third-order valence-corrected chi connectivity index (χ3v) is 6.50. The highest BCUT2D eigenvalue weighted by atomic mass is 35.5. The number of amides is 2. The third kappa shape index (κ3) is 5.37. The van der Waals surface area contributed by atoms with Gasteiger partial charge in [0.1, 0.15) is 22.5 Å². The lowest BCUT2D eigenvalue weighted by atomic mass is 10.1. The Hall–Kier alpha value is -4.08. The first-order valence-electron chi connectivity index (χ1n) is 11.4. The van der Waals surface area contributed by atoms with Crippen molar-refractivity contribution in [1.82, 2.24) is 30.8 Å². The molecule has 2 aromatic heterocycles. The van der Waals surface area contributed by atoms with Gasteiger partial charge in [-0.25, -0.2) is 14.2 Å². The van der Waals surface area contributed by atoms with E-state index in [2.05, 4.69) is 25.8 Å². The molecule has 0 aliphatic carbocycles. The summed E-state index contributed by atoms with van der Waals surface area (Å²) >= 11 is 12.4. The van der Waals surface area contributed by atoms with Gasteiger partial charge in [-0.15, -0.1) is 0 Å². The molecule has 0 aliphatic heterocycles. The molecule has 5 aromatic rings. The molecule has 6 N–H and O–H groups in total. The predicted octanol–water partition coefficient (Wildman–Crippen LogP) is 5.76. The van der Waals surface area contributed by atoms with Crippen LogP contribution in [0.2, 0.25) is 10.2 Å². The maximum absolute atomic E-state index is 14.2. The molecule has 5 rings (SSSR count). The van der Waals surface area contributed by atoms with E-state index < -0.39 is 17.9 Å². The molecular formula is C26H22Cl2FN7O. The third-order valence-electron chi connectivity index (χ3n) is 5.93. The van der Waals surface area contributed by atoms with Crippen LogP contribution in [0.25, 0.3) is 22.2 Å². The van der Waals surface area contributed by atoms with E-state index in [1.165, 1.54) is 6.07 Å². The smallest absolute Gasteiger partial charge is 0.315 e. The van der Waals surface area contributed by atoms with Crippen LogP contribution in [0.1, 0.15) is 23.0 Å². The minimum absolute atomic E-state index is 0.00424. The van der Waals surface area contributed by atoms with E-state index in [9.17, 15) is 9.18 Å². The van der Waals surface area contributed by atoms with Gasteiger partial charge in [0, 0.05) is 23.1 Å². The van der Waals surface area contributed by atoms with Gasteiger partial charge in [0.15, 0.2) is 5.82 Å². The van der Waals surface area contributed by atoms with Crippen molar-refractivity contribution in [2.75, 3.05) is 5.73 Å². The Morgan fingerprint density at radius 3 is 2.70 bits per heavy atom. The Morgan fingerprint density at radius 2 is 1.89 bits per heavy atom. The summed E-state index contributed by atoms with van der Waals surface area (Å²) in [5, 5.41) is 13.6. The summed E-state index contributed by atoms with van der Waals surface area (Å²) in [6.45, 7) is -0.0340. The minimum Gasteiger partial charge on any atom is -0.382 e. The monoisotopic (exact) mass is 537 g/mol. The number of aromatic amines is 2. The molecule has 8 nitrogen and oxygen atoms in total. The number of carbonyl (C=O) groups is 1. The number of fused-ring (bicyclic) bond motifs is 1. The highest BCUT2D eigenvalue weighted by molar-refractivity contribution is 6.32. The van der Waals surface area contributed by atoms with E-state index >= 15 is 0 Å². The molecule has 0 bridgehead atoms.